The molecule has 11 heteroatoms. The molecular weight excluding hydrogens is 405 g/mol. The number of hydrogen-bond acceptors (Lipinski definition) is 6. The molecule has 0 fully saturated rings. The molecule has 0 unspecified atom stereocenters. The third-order valence-electron chi connectivity index (χ3n) is 2.68. The molecule has 1 aromatic carbocycles. The molecule has 2 rings (SSSR count). The Kier molecular flexibility index (Phi) is 6.44. The van der Waals surface area contributed by atoms with E-state index in [4.69, 9.17) is 34.8 Å². The molecule has 6 nitrogen and oxygen atoms in total. The van der Waals surface area contributed by atoms with Crippen LogP contribution in [-0.2, 0) is 0 Å². The largest absolute Gasteiger partial charge is 0.336 e. The molecule has 1 aliphatic heterocycles. The first-order chi connectivity index (χ1) is 10.8. The van der Waals surface area contributed by atoms with Crippen LogP contribution < -0.4 is 5.32 Å². The number of nitrogens with zero attached hydrogens (tertiary/aromatic N) is 2. The second-order valence-corrected chi connectivity index (χ2v) is 9.12. The highest BCUT2D eigenvalue weighted by atomic mass is 35.6. The van der Waals surface area contributed by atoms with Gasteiger partial charge in [-0.25, -0.2) is 0 Å². The fourth-order valence-electron chi connectivity index (χ4n) is 1.60. The first kappa shape index (κ1) is 18.7. The number of carbonyl (C=O) groups is 1. The first-order valence-electron chi connectivity index (χ1n) is 6.23. The third-order valence-corrected chi connectivity index (χ3v) is 6.16. The zero-order valence-corrected chi connectivity index (χ0v) is 15.3. The van der Waals surface area contributed by atoms with Crippen molar-refractivity contribution in [1.82, 2.24) is 5.32 Å². The van der Waals surface area contributed by atoms with E-state index < -0.39 is 20.0 Å². The summed E-state index contributed by atoms with van der Waals surface area (Å²) in [6, 6.07) is 5.16. The number of amides is 1. The Balaban J connectivity index is 2.08. The lowest BCUT2D eigenvalue weighted by molar-refractivity contribution is -0.384. The maximum Gasteiger partial charge on any atom is 0.269 e. The van der Waals surface area contributed by atoms with Crippen LogP contribution in [-0.4, -0.2) is 36.7 Å². The van der Waals surface area contributed by atoms with Crippen LogP contribution in [0.4, 0.5) is 5.69 Å². The number of alkyl halides is 3. The molecule has 0 saturated carbocycles. The van der Waals surface area contributed by atoms with E-state index in [1.54, 1.807) is 0 Å². The van der Waals surface area contributed by atoms with Crippen molar-refractivity contribution in [2.75, 3.05) is 12.3 Å². The molecule has 1 N–H and O–H groups in total. The fourth-order valence-corrected chi connectivity index (χ4v) is 4.18. The molecule has 23 heavy (non-hydrogen) atoms. The summed E-state index contributed by atoms with van der Waals surface area (Å²) < 4.78 is -0.988. The Morgan fingerprint density at radius 1 is 1.39 bits per heavy atom. The van der Waals surface area contributed by atoms with Crippen LogP contribution in [0.15, 0.2) is 29.3 Å². The molecule has 1 heterocycles. The number of carbonyl (C=O) groups excluding carboxylic acids is 1. The predicted molar refractivity (Wildman–Crippen MR) is 97.0 cm³/mol. The van der Waals surface area contributed by atoms with Gasteiger partial charge in [-0.1, -0.05) is 58.3 Å². The summed E-state index contributed by atoms with van der Waals surface area (Å²) in [5.41, 5.74) is 0.127. The highest BCUT2D eigenvalue weighted by molar-refractivity contribution is 8.39. The number of non-ortho nitro benzene ring substituents is 1. The number of benzene rings is 1. The van der Waals surface area contributed by atoms with Crippen molar-refractivity contribution in [3.63, 3.8) is 0 Å². The second-order valence-electron chi connectivity index (χ2n) is 4.31. The van der Waals surface area contributed by atoms with Gasteiger partial charge in [-0.05, 0) is 12.1 Å². The van der Waals surface area contributed by atoms with E-state index in [0.717, 1.165) is 10.1 Å². The van der Waals surface area contributed by atoms with Crippen LogP contribution in [0.2, 0.25) is 0 Å². The Hall–Kier alpha value is -0.670. The van der Waals surface area contributed by atoms with Gasteiger partial charge in [0.2, 0.25) is 3.79 Å². The Morgan fingerprint density at radius 2 is 2.04 bits per heavy atom. The van der Waals surface area contributed by atoms with Crippen LogP contribution in [0.1, 0.15) is 10.4 Å². The molecule has 1 atom stereocenters. The van der Waals surface area contributed by atoms with Crippen molar-refractivity contribution in [3.05, 3.63) is 39.9 Å². The summed E-state index contributed by atoms with van der Waals surface area (Å²) in [4.78, 5) is 26.6. The third kappa shape index (κ3) is 5.42. The van der Waals surface area contributed by atoms with Gasteiger partial charge in [0.1, 0.15) is 9.75 Å². The molecule has 0 radical (unpaired) electrons. The summed E-state index contributed by atoms with van der Waals surface area (Å²) in [5.74, 6) is 0.359. The topological polar surface area (TPSA) is 84.6 Å². The zero-order chi connectivity index (χ0) is 17.0. The minimum Gasteiger partial charge on any atom is -0.336 e. The smallest absolute Gasteiger partial charge is 0.269 e. The van der Waals surface area contributed by atoms with Gasteiger partial charge >= 0.3 is 0 Å². The molecular formula is C12H10Cl3N3O3S2. The maximum atomic E-state index is 12.2. The van der Waals surface area contributed by atoms with Crippen molar-refractivity contribution in [2.45, 2.75) is 9.17 Å². The number of thioether (sulfide) groups is 2. The number of halogens is 3. The number of aliphatic imine (C=N–C) groups is 1. The van der Waals surface area contributed by atoms with Gasteiger partial charge in [0.05, 0.1) is 11.5 Å². The average Bonchev–Trinajstić information content (AvgIpc) is 2.98. The highest BCUT2D eigenvalue weighted by Crippen LogP contribution is 2.39. The van der Waals surface area contributed by atoms with Crippen molar-refractivity contribution in [3.8, 4) is 0 Å². The fraction of sp³-hybridized carbons (Fsp3) is 0.333. The SMILES string of the molecule is O=C(N[C@H](SC1=NCCS1)C(Cl)(Cl)Cl)c1ccc([N+](=O)[O-])cc1. The number of nitrogens with one attached hydrogen (secondary N) is 1. The van der Waals surface area contributed by atoms with Gasteiger partial charge in [0, 0.05) is 23.4 Å². The summed E-state index contributed by atoms with van der Waals surface area (Å²) in [6.45, 7) is 0.690. The van der Waals surface area contributed by atoms with Crippen LogP contribution in [0.3, 0.4) is 0 Å². The van der Waals surface area contributed by atoms with Crippen LogP contribution in [0, 0.1) is 10.1 Å². The molecule has 0 spiro atoms. The number of hydrogen-bond donors (Lipinski definition) is 1. The molecule has 1 aromatic rings. The van der Waals surface area contributed by atoms with E-state index in [9.17, 15) is 14.9 Å². The van der Waals surface area contributed by atoms with Crippen LogP contribution in [0.5, 0.6) is 0 Å². The lowest BCUT2D eigenvalue weighted by atomic mass is 10.2. The maximum absolute atomic E-state index is 12.2. The van der Waals surface area contributed by atoms with Gasteiger partial charge in [-0.15, -0.1) is 0 Å². The van der Waals surface area contributed by atoms with Crippen molar-refractivity contribution in [1.29, 1.82) is 0 Å². The minimum atomic E-state index is -1.73. The highest BCUT2D eigenvalue weighted by Gasteiger charge is 2.36. The molecule has 0 bridgehead atoms. The lowest BCUT2D eigenvalue weighted by Crippen LogP contribution is -2.41. The Labute approximate surface area is 155 Å². The van der Waals surface area contributed by atoms with Gasteiger partial charge in [0.25, 0.3) is 11.6 Å². The van der Waals surface area contributed by atoms with Crippen molar-refractivity contribution in [2.24, 2.45) is 4.99 Å². The lowest BCUT2D eigenvalue weighted by Gasteiger charge is -2.24. The van der Waals surface area contributed by atoms with Gasteiger partial charge in [-0.3, -0.25) is 19.9 Å². The molecule has 0 saturated heterocycles. The van der Waals surface area contributed by atoms with Crippen molar-refractivity contribution < 1.29 is 9.72 Å². The van der Waals surface area contributed by atoms with E-state index in [1.165, 1.54) is 47.8 Å². The van der Waals surface area contributed by atoms with E-state index in [0.29, 0.717) is 6.54 Å². The molecule has 124 valence electrons. The normalized spacial score (nSPS) is 15.9. The predicted octanol–water partition coefficient (Wildman–Crippen LogP) is 3.86. The second kappa shape index (κ2) is 7.94. The molecule has 1 aliphatic rings. The number of rotatable bonds is 4. The van der Waals surface area contributed by atoms with E-state index in [1.807, 2.05) is 0 Å². The van der Waals surface area contributed by atoms with Gasteiger partial charge in [-0.2, -0.15) is 0 Å². The summed E-state index contributed by atoms with van der Waals surface area (Å²) >= 11 is 20.4. The number of nitro benzene ring substituents is 1. The first-order valence-corrected chi connectivity index (χ1v) is 9.23. The average molecular weight is 415 g/mol. The molecule has 1 amide bonds. The summed E-state index contributed by atoms with van der Waals surface area (Å²) in [7, 11) is 0. The standard InChI is InChI=1S/C12H10Cl3N3O3S2/c13-12(14,15)10(23-11-16-5-6-22-11)17-9(19)7-1-3-8(4-2-7)18(20)21/h1-4,10H,5-6H2,(H,17,19)/t10-/m1/s1. The van der Waals surface area contributed by atoms with E-state index in [2.05, 4.69) is 10.3 Å². The van der Waals surface area contributed by atoms with Gasteiger partial charge in [0.15, 0.2) is 0 Å². The monoisotopic (exact) mass is 413 g/mol. The van der Waals surface area contributed by atoms with Crippen molar-refractivity contribution >= 4 is 74.3 Å². The van der Waals surface area contributed by atoms with Crippen LogP contribution in [0.25, 0.3) is 0 Å². The molecule has 0 aromatic heterocycles. The summed E-state index contributed by atoms with van der Waals surface area (Å²) in [5, 5.41) is 12.4. The minimum absolute atomic E-state index is 0.106. The Morgan fingerprint density at radius 3 is 2.52 bits per heavy atom. The zero-order valence-electron chi connectivity index (χ0n) is 11.4. The van der Waals surface area contributed by atoms with E-state index in [-0.39, 0.29) is 11.3 Å². The van der Waals surface area contributed by atoms with Gasteiger partial charge < -0.3 is 5.32 Å². The quantitative estimate of drug-likeness (QED) is 0.350. The summed E-state index contributed by atoms with van der Waals surface area (Å²) in [6.07, 6.45) is 0. The van der Waals surface area contributed by atoms with Crippen LogP contribution >= 0.6 is 58.3 Å². The Bertz CT molecular complexity index is 635. The number of nitro groups is 1. The van der Waals surface area contributed by atoms with E-state index >= 15 is 0 Å². The molecule has 0 aliphatic carbocycles.